The molecule has 4 aromatic rings. The van der Waals surface area contributed by atoms with E-state index in [1.807, 2.05) is 67.6 Å². The van der Waals surface area contributed by atoms with Gasteiger partial charge in [-0.1, -0.05) is 78.4 Å². The van der Waals surface area contributed by atoms with Crippen molar-refractivity contribution in [2.24, 2.45) is 0 Å². The number of hydrogen-bond acceptors (Lipinski definition) is 11. The van der Waals surface area contributed by atoms with Crippen LogP contribution in [0, 0.1) is 6.92 Å². The van der Waals surface area contributed by atoms with Crippen molar-refractivity contribution in [1.82, 2.24) is 0 Å². The lowest BCUT2D eigenvalue weighted by Gasteiger charge is -2.45. The van der Waals surface area contributed by atoms with Crippen molar-refractivity contribution < 1.29 is 51.3 Å². The molecule has 0 saturated carbocycles. The van der Waals surface area contributed by atoms with Gasteiger partial charge in [0.25, 0.3) is 10.1 Å². The fourth-order valence-corrected chi connectivity index (χ4v) is 6.47. The fraction of sp³-hybridized carbons (Fsp3) is 0.286. The molecule has 2 aliphatic heterocycles. The molecule has 1 fully saturated rings. The molecule has 0 bridgehead atoms. The highest BCUT2D eigenvalue weighted by molar-refractivity contribution is 7.86. The summed E-state index contributed by atoms with van der Waals surface area (Å²) in [7, 11) is -2.80. The quantitative estimate of drug-likeness (QED) is 0.175. The van der Waals surface area contributed by atoms with Crippen molar-refractivity contribution in [2.75, 3.05) is 13.7 Å². The number of hydrogen-bond donors (Lipinski definition) is 2. The van der Waals surface area contributed by atoms with Crippen molar-refractivity contribution in [3.05, 3.63) is 119 Å². The van der Waals surface area contributed by atoms with Crippen LogP contribution in [0.4, 0.5) is 0 Å². The van der Waals surface area contributed by atoms with Crippen molar-refractivity contribution in [3.63, 3.8) is 0 Å². The normalized spacial score (nSPS) is 22.0. The number of esters is 1. The molecule has 2 aliphatic rings. The molecule has 12 heteroatoms. The highest BCUT2D eigenvalue weighted by atomic mass is 32.2. The van der Waals surface area contributed by atoms with Crippen LogP contribution >= 0.6 is 0 Å². The minimum Gasteiger partial charge on any atom is -0.490 e. The third-order valence-corrected chi connectivity index (χ3v) is 9.34. The highest BCUT2D eigenvalue weighted by Gasteiger charge is 2.53. The van der Waals surface area contributed by atoms with E-state index in [-0.39, 0.29) is 46.5 Å². The summed E-state index contributed by atoms with van der Waals surface area (Å²) in [5.74, 6) is -0.319. The summed E-state index contributed by atoms with van der Waals surface area (Å²) in [6.45, 7) is 1.42. The van der Waals surface area contributed by atoms with Crippen LogP contribution in [0.15, 0.2) is 95.9 Å². The number of aliphatic hydroxyl groups excluding tert-OH is 2. The van der Waals surface area contributed by atoms with Crippen LogP contribution in [0.2, 0.25) is 0 Å². The lowest BCUT2D eigenvalue weighted by atomic mass is 9.86. The van der Waals surface area contributed by atoms with Gasteiger partial charge < -0.3 is 33.9 Å². The molecular weight excluding hydrogens is 628 g/mol. The summed E-state index contributed by atoms with van der Waals surface area (Å²) in [6.07, 6.45) is -7.18. The van der Waals surface area contributed by atoms with E-state index in [2.05, 4.69) is 0 Å². The number of carbonyl (C=O) groups excluding carboxylic acids is 1. The van der Waals surface area contributed by atoms with Gasteiger partial charge in [-0.05, 0) is 36.2 Å². The van der Waals surface area contributed by atoms with Crippen LogP contribution in [-0.4, -0.2) is 62.7 Å². The van der Waals surface area contributed by atoms with Gasteiger partial charge in [0.05, 0.1) is 24.2 Å². The Hall–Kier alpha value is -4.46. The molecule has 5 atom stereocenters. The first-order valence-electron chi connectivity index (χ1n) is 14.9. The lowest BCUT2D eigenvalue weighted by Crippen LogP contribution is -2.58. The molecule has 4 aromatic carbocycles. The molecule has 0 aromatic heterocycles. The Morgan fingerprint density at radius 1 is 0.809 bits per heavy atom. The molecule has 0 aliphatic carbocycles. The Bertz CT molecular complexity index is 1810. The molecule has 0 unspecified atom stereocenters. The monoisotopic (exact) mass is 662 g/mol. The summed E-state index contributed by atoms with van der Waals surface area (Å²) in [6, 6.07) is 26.3. The maximum Gasteiger partial charge on any atom is 0.339 e. The first kappa shape index (κ1) is 32.5. The standard InChI is InChI=1S/C35H34O11S/c1-21-13-15-24(16-14-21)47(39,40)44-20-27-29(36)30(37)34-33(45-27)28-25(35(38)46-34)17-26(42-18-22-9-5-3-6-10-22)31(41-2)32(28)43-19-23-11-7-4-8-12-23/h3-17,27,29-30,33-34,36-37H,18-20H2,1-2H3/t27-,29-,30+,33+,34-/m1/s1. The van der Waals surface area contributed by atoms with Crippen LogP contribution in [0.25, 0.3) is 0 Å². The molecular formula is C35H34O11S. The van der Waals surface area contributed by atoms with Crippen molar-refractivity contribution >= 4 is 16.1 Å². The van der Waals surface area contributed by atoms with Crippen LogP contribution in [0.3, 0.4) is 0 Å². The summed E-state index contributed by atoms with van der Waals surface area (Å²) in [5.41, 5.74) is 2.79. The number of methoxy groups -OCH3 is 1. The molecule has 0 amide bonds. The van der Waals surface area contributed by atoms with Crippen LogP contribution in [0.1, 0.15) is 38.7 Å². The predicted octanol–water partition coefficient (Wildman–Crippen LogP) is 4.27. The van der Waals surface area contributed by atoms with E-state index in [0.717, 1.165) is 16.7 Å². The van der Waals surface area contributed by atoms with E-state index in [1.165, 1.54) is 25.3 Å². The molecule has 0 spiro atoms. The van der Waals surface area contributed by atoms with E-state index in [1.54, 1.807) is 12.1 Å². The zero-order chi connectivity index (χ0) is 33.1. The van der Waals surface area contributed by atoms with E-state index >= 15 is 0 Å². The number of aliphatic hydroxyl groups is 2. The third kappa shape index (κ3) is 6.83. The zero-order valence-corrected chi connectivity index (χ0v) is 26.5. The van der Waals surface area contributed by atoms with Gasteiger partial charge >= 0.3 is 5.97 Å². The number of aryl methyl sites for hydroxylation is 1. The summed E-state index contributed by atoms with van der Waals surface area (Å²) >= 11 is 0. The molecule has 11 nitrogen and oxygen atoms in total. The predicted molar refractivity (Wildman–Crippen MR) is 168 cm³/mol. The number of fused-ring (bicyclic) bond motifs is 3. The van der Waals surface area contributed by atoms with Gasteiger partial charge in [0.15, 0.2) is 17.6 Å². The van der Waals surface area contributed by atoms with Crippen LogP contribution < -0.4 is 14.2 Å². The molecule has 2 N–H and O–H groups in total. The maximum absolute atomic E-state index is 13.4. The Kier molecular flexibility index (Phi) is 9.48. The second-order valence-corrected chi connectivity index (χ2v) is 12.9. The minimum atomic E-state index is -4.23. The van der Waals surface area contributed by atoms with Gasteiger partial charge in [-0.2, -0.15) is 8.42 Å². The van der Waals surface area contributed by atoms with Crippen LogP contribution in [-0.2, 0) is 37.0 Å². The number of carbonyl (C=O) groups is 1. The van der Waals surface area contributed by atoms with Gasteiger partial charge in [-0.3, -0.25) is 4.18 Å². The summed E-state index contributed by atoms with van der Waals surface area (Å²) < 4.78 is 61.1. The molecule has 47 heavy (non-hydrogen) atoms. The molecule has 0 radical (unpaired) electrons. The van der Waals surface area contributed by atoms with Crippen molar-refractivity contribution in [1.29, 1.82) is 0 Å². The second-order valence-electron chi connectivity index (χ2n) is 11.2. The second kappa shape index (κ2) is 13.7. The topological polar surface area (TPSA) is 147 Å². The molecule has 2 heterocycles. The van der Waals surface area contributed by atoms with Crippen LogP contribution in [0.5, 0.6) is 17.2 Å². The van der Waals surface area contributed by atoms with E-state index < -0.39 is 53.2 Å². The average molecular weight is 663 g/mol. The summed E-state index contributed by atoms with van der Waals surface area (Å²) in [5, 5.41) is 22.1. The average Bonchev–Trinajstić information content (AvgIpc) is 3.08. The molecule has 6 rings (SSSR count). The Morgan fingerprint density at radius 2 is 1.43 bits per heavy atom. The smallest absolute Gasteiger partial charge is 0.339 e. The Balaban J connectivity index is 1.36. The lowest BCUT2D eigenvalue weighted by molar-refractivity contribution is -0.233. The van der Waals surface area contributed by atoms with Crippen molar-refractivity contribution in [2.45, 2.75) is 55.6 Å². The third-order valence-electron chi connectivity index (χ3n) is 8.04. The fourth-order valence-electron chi connectivity index (χ4n) is 5.55. The van der Waals surface area contributed by atoms with Gasteiger partial charge in [0, 0.05) is 5.56 Å². The Morgan fingerprint density at radius 3 is 2.04 bits per heavy atom. The van der Waals surface area contributed by atoms with Gasteiger partial charge in [-0.25, -0.2) is 4.79 Å². The van der Waals surface area contributed by atoms with E-state index in [4.69, 9.17) is 27.9 Å². The first-order valence-corrected chi connectivity index (χ1v) is 16.3. The van der Waals surface area contributed by atoms with Gasteiger partial charge in [0.2, 0.25) is 5.75 Å². The van der Waals surface area contributed by atoms with Gasteiger partial charge in [0.1, 0.15) is 37.6 Å². The number of rotatable bonds is 11. The summed E-state index contributed by atoms with van der Waals surface area (Å²) in [4.78, 5) is 13.4. The van der Waals surface area contributed by atoms with Gasteiger partial charge in [-0.15, -0.1) is 0 Å². The van der Waals surface area contributed by atoms with E-state index in [0.29, 0.717) is 0 Å². The molecule has 246 valence electrons. The number of benzene rings is 4. The zero-order valence-electron chi connectivity index (χ0n) is 25.6. The van der Waals surface area contributed by atoms with Crippen molar-refractivity contribution in [3.8, 4) is 17.2 Å². The molecule has 1 saturated heterocycles. The highest BCUT2D eigenvalue weighted by Crippen LogP contribution is 2.51. The maximum atomic E-state index is 13.4. The first-order chi connectivity index (χ1) is 22.7. The SMILES string of the molecule is COc1c(OCc2ccccc2)cc2c(c1OCc1ccccc1)[C@@H]1O[C@H](COS(=O)(=O)c3ccc(C)cc3)[C@@H](O)[C@H](O)[C@H]1OC2=O. The largest absolute Gasteiger partial charge is 0.490 e. The number of ether oxygens (including phenoxy) is 5. The van der Waals surface area contributed by atoms with E-state index in [9.17, 15) is 23.4 Å². The minimum absolute atomic E-state index is 0.0358. The Labute approximate surface area is 272 Å².